The van der Waals surface area contributed by atoms with Gasteiger partial charge in [0.05, 0.1) is 12.1 Å². The Balaban J connectivity index is 1.50. The number of carbonyl (C=O) groups is 2. The first-order valence-corrected chi connectivity index (χ1v) is 9.33. The normalized spacial score (nSPS) is 21.9. The number of hydrogen-bond donors (Lipinski definition) is 3. The van der Waals surface area contributed by atoms with E-state index in [0.717, 1.165) is 31.5 Å². The van der Waals surface area contributed by atoms with Crippen LogP contribution in [0.25, 0.3) is 0 Å². The number of hydrogen-bond acceptors (Lipinski definition) is 3. The van der Waals surface area contributed by atoms with Crippen molar-refractivity contribution in [3.63, 3.8) is 0 Å². The number of carboxylic acids is 1. The molecule has 28 heavy (non-hydrogen) atoms. The maximum atomic E-state index is 12.8. The highest BCUT2D eigenvalue weighted by Gasteiger charge is 2.38. The summed E-state index contributed by atoms with van der Waals surface area (Å²) in [6.07, 6.45) is -0.951. The molecule has 3 rings (SSSR count). The molecule has 2 aliphatic carbocycles. The average Bonchev–Trinajstić information content (AvgIpc) is 3.34. The summed E-state index contributed by atoms with van der Waals surface area (Å²) in [5, 5.41) is 14.3. The smallest absolute Gasteiger partial charge is 0.416 e. The molecule has 2 fully saturated rings. The van der Waals surface area contributed by atoms with Gasteiger partial charge in [0.1, 0.15) is 0 Å². The predicted molar refractivity (Wildman–Crippen MR) is 97.1 cm³/mol. The van der Waals surface area contributed by atoms with E-state index >= 15 is 0 Å². The summed E-state index contributed by atoms with van der Waals surface area (Å²) >= 11 is 0. The van der Waals surface area contributed by atoms with Crippen LogP contribution in [0.3, 0.4) is 0 Å². The minimum Gasteiger partial charge on any atom is -0.480 e. The molecular formula is C19H24F3N3O3. The minimum atomic E-state index is -4.48. The molecule has 2 aliphatic rings. The third-order valence-corrected chi connectivity index (χ3v) is 5.31. The lowest BCUT2D eigenvalue weighted by atomic mass is 9.85. The summed E-state index contributed by atoms with van der Waals surface area (Å²) in [6.45, 7) is 2.37. The molecule has 0 spiro atoms. The molecule has 6 nitrogen and oxygen atoms in total. The molecule has 1 aromatic rings. The number of aliphatic carboxylic acids is 1. The van der Waals surface area contributed by atoms with Gasteiger partial charge in [0, 0.05) is 24.3 Å². The Kier molecular flexibility index (Phi) is 5.83. The Labute approximate surface area is 161 Å². The highest BCUT2D eigenvalue weighted by Crippen LogP contribution is 2.34. The van der Waals surface area contributed by atoms with E-state index in [0.29, 0.717) is 24.3 Å². The van der Waals surface area contributed by atoms with Crippen LogP contribution in [0.5, 0.6) is 0 Å². The Bertz CT molecular complexity index is 744. The molecule has 0 saturated heterocycles. The summed E-state index contributed by atoms with van der Waals surface area (Å²) in [5.74, 6) is -0.298. The second kappa shape index (κ2) is 7.98. The van der Waals surface area contributed by atoms with Gasteiger partial charge in [0.25, 0.3) is 0 Å². The number of aryl methyl sites for hydroxylation is 1. The number of carboxylic acid groups (broad SMARTS) is 1. The molecule has 0 aromatic heterocycles. The fourth-order valence-corrected chi connectivity index (χ4v) is 3.43. The van der Waals surface area contributed by atoms with E-state index in [1.54, 1.807) is 6.92 Å². The molecular weight excluding hydrogens is 375 g/mol. The fraction of sp³-hybridized carbons (Fsp3) is 0.579. The zero-order valence-electron chi connectivity index (χ0n) is 15.6. The highest BCUT2D eigenvalue weighted by molar-refractivity contribution is 5.90. The van der Waals surface area contributed by atoms with E-state index < -0.39 is 23.7 Å². The summed E-state index contributed by atoms with van der Waals surface area (Å²) in [7, 11) is 0. The number of rotatable bonds is 7. The van der Waals surface area contributed by atoms with Crippen molar-refractivity contribution in [3.05, 3.63) is 29.3 Å². The van der Waals surface area contributed by atoms with Crippen LogP contribution in [0.15, 0.2) is 18.2 Å². The molecule has 0 unspecified atom stereocenters. The van der Waals surface area contributed by atoms with E-state index in [4.69, 9.17) is 5.11 Å². The standard InChI is InChI=1S/C19H24F3N3O3/c1-11-2-5-13(19(20,21)22)6-16(11)24-18(28)23-14-7-15(8-14)25(10-17(26)27)9-12-3-4-12/h2,5-6,12,14-15H,3-4,7-10H2,1H3,(H,26,27)(H2,23,24,28). The third kappa shape index (κ3) is 5.37. The van der Waals surface area contributed by atoms with Crippen molar-refractivity contribution in [2.75, 3.05) is 18.4 Å². The van der Waals surface area contributed by atoms with Crippen molar-refractivity contribution in [2.45, 2.75) is 50.9 Å². The monoisotopic (exact) mass is 399 g/mol. The second-order valence-electron chi connectivity index (χ2n) is 7.71. The molecule has 1 aromatic carbocycles. The Hall–Kier alpha value is -2.29. The number of alkyl halides is 3. The molecule has 9 heteroatoms. The van der Waals surface area contributed by atoms with E-state index in [9.17, 15) is 22.8 Å². The van der Waals surface area contributed by atoms with Gasteiger partial charge in [-0.1, -0.05) is 6.07 Å². The number of nitrogens with one attached hydrogen (secondary N) is 2. The predicted octanol–water partition coefficient (Wildman–Crippen LogP) is 3.46. The summed E-state index contributed by atoms with van der Waals surface area (Å²) < 4.78 is 38.5. The Morgan fingerprint density at radius 2 is 1.93 bits per heavy atom. The minimum absolute atomic E-state index is 0.0104. The number of benzene rings is 1. The van der Waals surface area contributed by atoms with Crippen LogP contribution in [-0.2, 0) is 11.0 Å². The molecule has 0 heterocycles. The van der Waals surface area contributed by atoms with E-state index in [2.05, 4.69) is 10.6 Å². The average molecular weight is 399 g/mol. The number of anilines is 1. The van der Waals surface area contributed by atoms with Gasteiger partial charge < -0.3 is 15.7 Å². The van der Waals surface area contributed by atoms with Gasteiger partial charge in [0.2, 0.25) is 0 Å². The molecule has 0 atom stereocenters. The molecule has 0 aliphatic heterocycles. The lowest BCUT2D eigenvalue weighted by molar-refractivity contribution is -0.140. The zero-order valence-corrected chi connectivity index (χ0v) is 15.6. The van der Waals surface area contributed by atoms with Crippen molar-refractivity contribution in [1.82, 2.24) is 10.2 Å². The van der Waals surface area contributed by atoms with Crippen LogP contribution < -0.4 is 10.6 Å². The number of urea groups is 1. The van der Waals surface area contributed by atoms with Crippen LogP contribution in [0.4, 0.5) is 23.7 Å². The second-order valence-corrected chi connectivity index (χ2v) is 7.71. The lowest BCUT2D eigenvalue weighted by Gasteiger charge is -2.42. The summed E-state index contributed by atoms with van der Waals surface area (Å²) in [5.41, 5.74) is -0.169. The number of nitrogens with zero attached hydrogens (tertiary/aromatic N) is 1. The van der Waals surface area contributed by atoms with E-state index in [1.165, 1.54) is 6.07 Å². The molecule has 154 valence electrons. The molecule has 3 N–H and O–H groups in total. The third-order valence-electron chi connectivity index (χ3n) is 5.31. The molecule has 0 radical (unpaired) electrons. The molecule has 2 saturated carbocycles. The van der Waals surface area contributed by atoms with Crippen LogP contribution >= 0.6 is 0 Å². The first-order chi connectivity index (χ1) is 13.1. The first kappa shape index (κ1) is 20.4. The van der Waals surface area contributed by atoms with Crippen molar-refractivity contribution in [3.8, 4) is 0 Å². The summed E-state index contributed by atoms with van der Waals surface area (Å²) in [4.78, 5) is 25.2. The van der Waals surface area contributed by atoms with Crippen molar-refractivity contribution in [1.29, 1.82) is 0 Å². The Morgan fingerprint density at radius 1 is 1.25 bits per heavy atom. The molecule has 0 bridgehead atoms. The lowest BCUT2D eigenvalue weighted by Crippen LogP contribution is -2.55. The number of amides is 2. The maximum Gasteiger partial charge on any atom is 0.416 e. The Morgan fingerprint density at radius 3 is 2.50 bits per heavy atom. The van der Waals surface area contributed by atoms with Gasteiger partial charge >= 0.3 is 18.2 Å². The van der Waals surface area contributed by atoms with Crippen molar-refractivity contribution >= 4 is 17.7 Å². The van der Waals surface area contributed by atoms with Crippen molar-refractivity contribution in [2.24, 2.45) is 5.92 Å². The highest BCUT2D eigenvalue weighted by atomic mass is 19.4. The van der Waals surface area contributed by atoms with E-state index in [-0.39, 0.29) is 24.3 Å². The van der Waals surface area contributed by atoms with Gasteiger partial charge in [-0.3, -0.25) is 9.69 Å². The van der Waals surface area contributed by atoms with Crippen LogP contribution in [-0.4, -0.2) is 47.2 Å². The van der Waals surface area contributed by atoms with Crippen molar-refractivity contribution < 1.29 is 27.9 Å². The van der Waals surface area contributed by atoms with Gasteiger partial charge in [-0.25, -0.2) is 4.79 Å². The van der Waals surface area contributed by atoms with Gasteiger partial charge in [-0.05, 0) is 56.2 Å². The van der Waals surface area contributed by atoms with Crippen LogP contribution in [0, 0.1) is 12.8 Å². The SMILES string of the molecule is Cc1ccc(C(F)(F)F)cc1NC(=O)NC1CC(N(CC(=O)O)CC2CC2)C1. The zero-order chi connectivity index (χ0) is 20.5. The van der Waals surface area contributed by atoms with E-state index in [1.807, 2.05) is 4.90 Å². The number of carbonyl (C=O) groups excluding carboxylic acids is 1. The summed E-state index contributed by atoms with van der Waals surface area (Å²) in [6, 6.07) is 2.65. The van der Waals surface area contributed by atoms with Crippen LogP contribution in [0.1, 0.15) is 36.8 Å². The van der Waals surface area contributed by atoms with Gasteiger partial charge in [0.15, 0.2) is 0 Å². The van der Waals surface area contributed by atoms with Gasteiger partial charge in [-0.2, -0.15) is 13.2 Å². The van der Waals surface area contributed by atoms with Crippen LogP contribution in [0.2, 0.25) is 0 Å². The quantitative estimate of drug-likeness (QED) is 0.656. The largest absolute Gasteiger partial charge is 0.480 e. The van der Waals surface area contributed by atoms with Gasteiger partial charge in [-0.15, -0.1) is 0 Å². The molecule has 2 amide bonds. The first-order valence-electron chi connectivity index (χ1n) is 9.33. The maximum absolute atomic E-state index is 12.8. The topological polar surface area (TPSA) is 81.7 Å². The number of halogens is 3. The fourth-order valence-electron chi connectivity index (χ4n) is 3.43.